The molecule has 0 spiro atoms. The van der Waals surface area contributed by atoms with Crippen LogP contribution in [0.1, 0.15) is 56.7 Å². The molecule has 1 saturated carbocycles. The fourth-order valence-corrected chi connectivity index (χ4v) is 2.93. The van der Waals surface area contributed by atoms with Gasteiger partial charge in [-0.25, -0.2) is 0 Å². The predicted molar refractivity (Wildman–Crippen MR) is 78.7 cm³/mol. The Bertz CT molecular complexity index is 364. The van der Waals surface area contributed by atoms with Crippen molar-refractivity contribution < 1.29 is 0 Å². The first-order chi connectivity index (χ1) is 8.65. The van der Waals surface area contributed by atoms with Gasteiger partial charge in [-0.2, -0.15) is 0 Å². The molecule has 0 bridgehead atoms. The van der Waals surface area contributed by atoms with Crippen LogP contribution in [0.3, 0.4) is 0 Å². The van der Waals surface area contributed by atoms with E-state index in [1.807, 2.05) is 0 Å². The van der Waals surface area contributed by atoms with E-state index in [0.29, 0.717) is 6.04 Å². The van der Waals surface area contributed by atoms with Gasteiger partial charge in [-0.15, -0.1) is 0 Å². The van der Waals surface area contributed by atoms with Crippen LogP contribution in [0.15, 0.2) is 24.3 Å². The first kappa shape index (κ1) is 13.6. The van der Waals surface area contributed by atoms with Crippen molar-refractivity contribution in [2.24, 2.45) is 11.8 Å². The summed E-state index contributed by atoms with van der Waals surface area (Å²) in [4.78, 5) is 0. The Morgan fingerprint density at radius 3 is 2.61 bits per heavy atom. The predicted octanol–water partition coefficient (Wildman–Crippen LogP) is 4.47. The van der Waals surface area contributed by atoms with E-state index >= 15 is 0 Å². The SMILES string of the molecule is Cc1cccc([C@@H](C)NCC2CCC(C)CC2)c1. The van der Waals surface area contributed by atoms with Crippen LogP contribution >= 0.6 is 0 Å². The average Bonchev–Trinajstić information content (AvgIpc) is 2.38. The molecule has 0 unspecified atom stereocenters. The van der Waals surface area contributed by atoms with Gasteiger partial charge >= 0.3 is 0 Å². The summed E-state index contributed by atoms with van der Waals surface area (Å²) < 4.78 is 0. The molecule has 0 amide bonds. The third kappa shape index (κ3) is 3.84. The number of benzene rings is 1. The van der Waals surface area contributed by atoms with Crippen LogP contribution in [0.2, 0.25) is 0 Å². The molecule has 1 nitrogen and oxygen atoms in total. The molecule has 1 aliphatic carbocycles. The van der Waals surface area contributed by atoms with Gasteiger partial charge in [0.05, 0.1) is 0 Å². The molecule has 0 heterocycles. The van der Waals surface area contributed by atoms with Crippen LogP contribution in [-0.2, 0) is 0 Å². The molecule has 2 rings (SSSR count). The number of aryl methyl sites for hydroxylation is 1. The van der Waals surface area contributed by atoms with E-state index < -0.39 is 0 Å². The molecule has 100 valence electrons. The summed E-state index contributed by atoms with van der Waals surface area (Å²) in [5.74, 6) is 1.85. The smallest absolute Gasteiger partial charge is 0.0292 e. The summed E-state index contributed by atoms with van der Waals surface area (Å²) in [6, 6.07) is 9.32. The lowest BCUT2D eigenvalue weighted by Crippen LogP contribution is -2.28. The lowest BCUT2D eigenvalue weighted by Gasteiger charge is -2.27. The molecule has 1 heteroatoms. The summed E-state index contributed by atoms with van der Waals surface area (Å²) in [5, 5.41) is 3.71. The van der Waals surface area contributed by atoms with Crippen LogP contribution < -0.4 is 5.32 Å². The van der Waals surface area contributed by atoms with Crippen molar-refractivity contribution in [3.05, 3.63) is 35.4 Å². The van der Waals surface area contributed by atoms with Gasteiger partial charge in [-0.3, -0.25) is 0 Å². The second-order valence-corrected chi connectivity index (χ2v) is 6.17. The van der Waals surface area contributed by atoms with E-state index in [4.69, 9.17) is 0 Å². The number of rotatable bonds is 4. The van der Waals surface area contributed by atoms with Gasteiger partial charge in [-0.1, -0.05) is 49.6 Å². The largest absolute Gasteiger partial charge is 0.310 e. The quantitative estimate of drug-likeness (QED) is 0.825. The van der Waals surface area contributed by atoms with Crippen molar-refractivity contribution in [1.29, 1.82) is 0 Å². The molecule has 18 heavy (non-hydrogen) atoms. The van der Waals surface area contributed by atoms with Gasteiger partial charge in [0, 0.05) is 6.04 Å². The van der Waals surface area contributed by atoms with Crippen molar-refractivity contribution in [3.8, 4) is 0 Å². The van der Waals surface area contributed by atoms with Gasteiger partial charge in [-0.05, 0) is 50.6 Å². The molecule has 0 aliphatic heterocycles. The summed E-state index contributed by atoms with van der Waals surface area (Å²) in [6.45, 7) is 8.01. The molecule has 1 aromatic rings. The van der Waals surface area contributed by atoms with E-state index in [-0.39, 0.29) is 0 Å². The van der Waals surface area contributed by atoms with Gasteiger partial charge in [0.1, 0.15) is 0 Å². The Morgan fingerprint density at radius 2 is 1.94 bits per heavy atom. The molecule has 0 radical (unpaired) electrons. The standard InChI is InChI=1S/C17H27N/c1-13-7-9-16(10-8-13)12-18-15(3)17-6-4-5-14(2)11-17/h4-6,11,13,15-16,18H,7-10,12H2,1-3H3/t13?,15-,16?/m1/s1. The van der Waals surface area contributed by atoms with Gasteiger partial charge in [0.15, 0.2) is 0 Å². The van der Waals surface area contributed by atoms with Crippen molar-refractivity contribution in [2.45, 2.75) is 52.5 Å². The average molecular weight is 245 g/mol. The Hall–Kier alpha value is -0.820. The highest BCUT2D eigenvalue weighted by atomic mass is 14.9. The second kappa shape index (κ2) is 6.38. The van der Waals surface area contributed by atoms with E-state index in [9.17, 15) is 0 Å². The number of hydrogen-bond donors (Lipinski definition) is 1. The van der Waals surface area contributed by atoms with Crippen molar-refractivity contribution in [1.82, 2.24) is 5.32 Å². The van der Waals surface area contributed by atoms with E-state index in [2.05, 4.69) is 50.4 Å². The molecule has 1 N–H and O–H groups in total. The van der Waals surface area contributed by atoms with Gasteiger partial charge in [0.25, 0.3) is 0 Å². The summed E-state index contributed by atoms with van der Waals surface area (Å²) in [6.07, 6.45) is 5.67. The fourth-order valence-electron chi connectivity index (χ4n) is 2.93. The normalized spacial score (nSPS) is 25.9. The highest BCUT2D eigenvalue weighted by Crippen LogP contribution is 2.28. The first-order valence-corrected chi connectivity index (χ1v) is 7.45. The minimum absolute atomic E-state index is 0.476. The van der Waals surface area contributed by atoms with Crippen LogP contribution in [0.4, 0.5) is 0 Å². The van der Waals surface area contributed by atoms with Crippen molar-refractivity contribution in [3.63, 3.8) is 0 Å². The van der Waals surface area contributed by atoms with Crippen molar-refractivity contribution in [2.75, 3.05) is 6.54 Å². The number of nitrogens with one attached hydrogen (secondary N) is 1. The monoisotopic (exact) mass is 245 g/mol. The molecule has 1 atom stereocenters. The summed E-state index contributed by atoms with van der Waals surface area (Å²) >= 11 is 0. The minimum Gasteiger partial charge on any atom is -0.310 e. The zero-order chi connectivity index (χ0) is 13.0. The Kier molecular flexibility index (Phi) is 4.82. The van der Waals surface area contributed by atoms with Gasteiger partial charge < -0.3 is 5.32 Å². The second-order valence-electron chi connectivity index (χ2n) is 6.17. The molecule has 0 aromatic heterocycles. The fraction of sp³-hybridized carbons (Fsp3) is 0.647. The zero-order valence-corrected chi connectivity index (χ0v) is 12.1. The lowest BCUT2D eigenvalue weighted by molar-refractivity contribution is 0.276. The molecule has 1 fully saturated rings. The third-order valence-corrected chi connectivity index (χ3v) is 4.39. The molecule has 1 aromatic carbocycles. The van der Waals surface area contributed by atoms with Crippen molar-refractivity contribution >= 4 is 0 Å². The van der Waals surface area contributed by atoms with Crippen LogP contribution in [0.25, 0.3) is 0 Å². The van der Waals surface area contributed by atoms with Crippen LogP contribution in [0, 0.1) is 18.8 Å². The van der Waals surface area contributed by atoms with E-state index in [1.54, 1.807) is 0 Å². The Morgan fingerprint density at radius 1 is 1.22 bits per heavy atom. The number of hydrogen-bond acceptors (Lipinski definition) is 1. The van der Waals surface area contributed by atoms with Crippen LogP contribution in [-0.4, -0.2) is 6.54 Å². The third-order valence-electron chi connectivity index (χ3n) is 4.39. The first-order valence-electron chi connectivity index (χ1n) is 7.45. The zero-order valence-electron chi connectivity index (χ0n) is 12.1. The Labute approximate surface area is 112 Å². The molecule has 0 saturated heterocycles. The Balaban J connectivity index is 1.79. The van der Waals surface area contributed by atoms with E-state index in [1.165, 1.54) is 43.4 Å². The summed E-state index contributed by atoms with van der Waals surface area (Å²) in [5.41, 5.74) is 2.77. The minimum atomic E-state index is 0.476. The highest BCUT2D eigenvalue weighted by molar-refractivity contribution is 5.24. The molecule has 1 aliphatic rings. The maximum atomic E-state index is 3.71. The van der Waals surface area contributed by atoms with Crippen LogP contribution in [0.5, 0.6) is 0 Å². The lowest BCUT2D eigenvalue weighted by atomic mass is 9.83. The molecular weight excluding hydrogens is 218 g/mol. The maximum Gasteiger partial charge on any atom is 0.0292 e. The molecular formula is C17H27N. The maximum absolute atomic E-state index is 3.71. The summed E-state index contributed by atoms with van der Waals surface area (Å²) in [7, 11) is 0. The van der Waals surface area contributed by atoms with E-state index in [0.717, 1.165) is 11.8 Å². The van der Waals surface area contributed by atoms with Gasteiger partial charge in [0.2, 0.25) is 0 Å². The topological polar surface area (TPSA) is 12.0 Å². The highest BCUT2D eigenvalue weighted by Gasteiger charge is 2.18.